The maximum Gasteiger partial charge on any atom is 0.244 e. The average molecular weight is 395 g/mol. The molecular formula is C16H24Cl2N2O3S. The normalized spacial score (nSPS) is 20.8. The van der Waals surface area contributed by atoms with Crippen LogP contribution < -0.4 is 14.8 Å². The van der Waals surface area contributed by atoms with Gasteiger partial charge in [0, 0.05) is 17.1 Å². The van der Waals surface area contributed by atoms with Crippen molar-refractivity contribution in [2.75, 3.05) is 7.11 Å². The summed E-state index contributed by atoms with van der Waals surface area (Å²) in [5.41, 5.74) is -0.340. The second-order valence-electron chi connectivity index (χ2n) is 7.51. The van der Waals surface area contributed by atoms with Crippen molar-refractivity contribution in [1.82, 2.24) is 10.0 Å². The minimum absolute atomic E-state index is 0.00598. The van der Waals surface area contributed by atoms with Crippen molar-refractivity contribution in [2.45, 2.75) is 62.6 Å². The lowest BCUT2D eigenvalue weighted by Gasteiger charge is -2.46. The molecule has 5 nitrogen and oxygen atoms in total. The molecule has 0 bridgehead atoms. The number of piperidine rings is 1. The minimum Gasteiger partial charge on any atom is -0.494 e. The van der Waals surface area contributed by atoms with E-state index >= 15 is 0 Å². The van der Waals surface area contributed by atoms with E-state index in [0.717, 1.165) is 0 Å². The molecule has 0 aliphatic carbocycles. The highest BCUT2D eigenvalue weighted by Crippen LogP contribution is 2.38. The highest BCUT2D eigenvalue weighted by molar-refractivity contribution is 7.89. The van der Waals surface area contributed by atoms with Gasteiger partial charge in [-0.3, -0.25) is 0 Å². The Labute approximate surface area is 154 Å². The van der Waals surface area contributed by atoms with Gasteiger partial charge in [-0.2, -0.15) is 0 Å². The molecule has 8 heteroatoms. The molecule has 1 heterocycles. The third-order valence-corrected chi connectivity index (χ3v) is 6.35. The molecule has 0 saturated carbocycles. The number of ether oxygens (including phenoxy) is 1. The standard InChI is InChI=1S/C16H24Cl2N2O3S/c1-15(2)8-10(9-16(3,4)20-15)19-24(21,22)12-7-6-11(17)13(18)14(12)23-5/h6-7,10,19-20H,8-9H2,1-5H3. The summed E-state index contributed by atoms with van der Waals surface area (Å²) < 4.78 is 33.7. The van der Waals surface area contributed by atoms with Gasteiger partial charge in [0.1, 0.15) is 9.92 Å². The van der Waals surface area contributed by atoms with Crippen LogP contribution in [0.15, 0.2) is 17.0 Å². The van der Waals surface area contributed by atoms with Gasteiger partial charge in [0.25, 0.3) is 0 Å². The molecule has 0 radical (unpaired) electrons. The van der Waals surface area contributed by atoms with Crippen LogP contribution in [0.1, 0.15) is 40.5 Å². The highest BCUT2D eigenvalue weighted by Gasteiger charge is 2.39. The van der Waals surface area contributed by atoms with E-state index in [1.54, 1.807) is 0 Å². The smallest absolute Gasteiger partial charge is 0.244 e. The Morgan fingerprint density at radius 1 is 1.17 bits per heavy atom. The lowest BCUT2D eigenvalue weighted by molar-refractivity contribution is 0.157. The predicted octanol–water partition coefficient (Wildman–Crippen LogP) is 3.59. The molecular weight excluding hydrogens is 371 g/mol. The molecule has 2 N–H and O–H groups in total. The van der Waals surface area contributed by atoms with E-state index in [4.69, 9.17) is 27.9 Å². The second kappa shape index (κ2) is 6.65. The minimum atomic E-state index is -3.79. The van der Waals surface area contributed by atoms with Crippen molar-refractivity contribution in [1.29, 1.82) is 0 Å². The van der Waals surface area contributed by atoms with Crippen LogP contribution in [0.25, 0.3) is 0 Å². The molecule has 24 heavy (non-hydrogen) atoms. The highest BCUT2D eigenvalue weighted by atomic mass is 35.5. The van der Waals surface area contributed by atoms with Crippen LogP contribution in [-0.4, -0.2) is 32.6 Å². The monoisotopic (exact) mass is 394 g/mol. The summed E-state index contributed by atoms with van der Waals surface area (Å²) in [7, 11) is -2.42. The van der Waals surface area contributed by atoms with Crippen molar-refractivity contribution in [3.8, 4) is 5.75 Å². The van der Waals surface area contributed by atoms with Gasteiger partial charge in [0.05, 0.1) is 12.1 Å². The van der Waals surface area contributed by atoms with Crippen LogP contribution in [0, 0.1) is 0 Å². The number of halogens is 2. The van der Waals surface area contributed by atoms with Gasteiger partial charge in [-0.05, 0) is 52.7 Å². The van der Waals surface area contributed by atoms with Crippen molar-refractivity contribution in [3.63, 3.8) is 0 Å². The molecule has 136 valence electrons. The SMILES string of the molecule is COc1c(S(=O)(=O)NC2CC(C)(C)NC(C)(C)C2)ccc(Cl)c1Cl. The Bertz CT molecular complexity index is 717. The number of sulfonamides is 1. The van der Waals surface area contributed by atoms with E-state index in [-0.39, 0.29) is 37.8 Å². The summed E-state index contributed by atoms with van der Waals surface area (Å²) >= 11 is 12.0. The lowest BCUT2D eigenvalue weighted by Crippen LogP contribution is -2.62. The van der Waals surface area contributed by atoms with E-state index < -0.39 is 10.0 Å². The van der Waals surface area contributed by atoms with E-state index in [1.165, 1.54) is 19.2 Å². The molecule has 1 aromatic rings. The zero-order chi connectivity index (χ0) is 18.3. The fourth-order valence-corrected chi connectivity index (χ4v) is 5.46. The third-order valence-electron chi connectivity index (χ3n) is 4.02. The summed E-state index contributed by atoms with van der Waals surface area (Å²) in [6, 6.07) is 2.67. The lowest BCUT2D eigenvalue weighted by atomic mass is 9.80. The molecule has 0 spiro atoms. The maximum absolute atomic E-state index is 12.9. The van der Waals surface area contributed by atoms with Gasteiger partial charge in [-0.1, -0.05) is 23.2 Å². The molecule has 0 amide bonds. The van der Waals surface area contributed by atoms with Crippen molar-refractivity contribution < 1.29 is 13.2 Å². The molecule has 1 aliphatic heterocycles. The summed E-state index contributed by atoms with van der Waals surface area (Å²) in [4.78, 5) is -0.00598. The Morgan fingerprint density at radius 2 is 1.71 bits per heavy atom. The van der Waals surface area contributed by atoms with Gasteiger partial charge < -0.3 is 10.1 Å². The molecule has 1 saturated heterocycles. The first-order chi connectivity index (χ1) is 10.9. The van der Waals surface area contributed by atoms with Gasteiger partial charge in [-0.25, -0.2) is 13.1 Å². The van der Waals surface area contributed by atoms with Gasteiger partial charge >= 0.3 is 0 Å². The van der Waals surface area contributed by atoms with Crippen LogP contribution >= 0.6 is 23.2 Å². The summed E-state index contributed by atoms with van der Waals surface area (Å²) in [6.07, 6.45) is 1.36. The molecule has 0 unspecified atom stereocenters. The third kappa shape index (κ3) is 4.35. The van der Waals surface area contributed by atoms with E-state index in [0.29, 0.717) is 12.8 Å². The first-order valence-corrected chi connectivity index (χ1v) is 9.94. The van der Waals surface area contributed by atoms with Crippen molar-refractivity contribution >= 4 is 33.2 Å². The molecule has 1 aromatic carbocycles. The summed E-state index contributed by atoms with van der Waals surface area (Å²) in [5, 5.41) is 3.87. The van der Waals surface area contributed by atoms with E-state index in [1.807, 2.05) is 0 Å². The fraction of sp³-hybridized carbons (Fsp3) is 0.625. The van der Waals surface area contributed by atoms with Crippen molar-refractivity contribution in [3.05, 3.63) is 22.2 Å². The van der Waals surface area contributed by atoms with Gasteiger partial charge in [-0.15, -0.1) is 0 Å². The van der Waals surface area contributed by atoms with Gasteiger partial charge in [0.15, 0.2) is 5.75 Å². The summed E-state index contributed by atoms with van der Waals surface area (Å²) in [6.45, 7) is 8.26. The number of nitrogens with one attached hydrogen (secondary N) is 2. The van der Waals surface area contributed by atoms with Crippen LogP contribution in [0.2, 0.25) is 10.0 Å². The molecule has 0 atom stereocenters. The van der Waals surface area contributed by atoms with Crippen LogP contribution in [0.4, 0.5) is 0 Å². The summed E-state index contributed by atoms with van der Waals surface area (Å²) in [5.74, 6) is 0.0594. The van der Waals surface area contributed by atoms with E-state index in [9.17, 15) is 8.42 Å². The zero-order valence-electron chi connectivity index (χ0n) is 14.5. The number of methoxy groups -OCH3 is 1. The fourth-order valence-electron chi connectivity index (χ4n) is 3.60. The van der Waals surface area contributed by atoms with E-state index in [2.05, 4.69) is 37.7 Å². The number of rotatable bonds is 4. The predicted molar refractivity (Wildman–Crippen MR) is 97.7 cm³/mol. The van der Waals surface area contributed by atoms with Gasteiger partial charge in [0.2, 0.25) is 10.0 Å². The Hall–Kier alpha value is -0.530. The number of hydrogen-bond donors (Lipinski definition) is 2. The topological polar surface area (TPSA) is 67.4 Å². The number of benzene rings is 1. The largest absolute Gasteiger partial charge is 0.494 e. The number of hydrogen-bond acceptors (Lipinski definition) is 4. The first kappa shape index (κ1) is 19.8. The molecule has 0 aromatic heterocycles. The molecule has 1 aliphatic rings. The van der Waals surface area contributed by atoms with Crippen LogP contribution in [0.3, 0.4) is 0 Å². The van der Waals surface area contributed by atoms with Crippen molar-refractivity contribution in [2.24, 2.45) is 0 Å². The molecule has 2 rings (SSSR count). The average Bonchev–Trinajstić information content (AvgIpc) is 2.36. The Balaban J connectivity index is 2.34. The Morgan fingerprint density at radius 3 is 2.21 bits per heavy atom. The Kier molecular flexibility index (Phi) is 5.48. The molecule has 1 fully saturated rings. The first-order valence-electron chi connectivity index (χ1n) is 7.70. The maximum atomic E-state index is 12.9. The zero-order valence-corrected chi connectivity index (χ0v) is 16.9. The quantitative estimate of drug-likeness (QED) is 0.818. The second-order valence-corrected chi connectivity index (χ2v) is 9.98. The van der Waals surface area contributed by atoms with Crippen LogP contribution in [-0.2, 0) is 10.0 Å². The van der Waals surface area contributed by atoms with Crippen LogP contribution in [0.5, 0.6) is 5.75 Å².